The van der Waals surface area contributed by atoms with E-state index in [4.69, 9.17) is 18.6 Å². The molecule has 0 radical (unpaired) electrons. The van der Waals surface area contributed by atoms with E-state index >= 15 is 0 Å². The molecule has 8 heteroatoms. The lowest BCUT2D eigenvalue weighted by molar-refractivity contribution is -0.120. The van der Waals surface area contributed by atoms with Gasteiger partial charge in [0.2, 0.25) is 11.7 Å². The Kier molecular flexibility index (Phi) is 7.10. The van der Waals surface area contributed by atoms with Crippen LogP contribution in [0.4, 0.5) is 0 Å². The summed E-state index contributed by atoms with van der Waals surface area (Å²) in [6, 6.07) is 6.56. The Bertz CT molecular complexity index is 748. The van der Waals surface area contributed by atoms with Crippen molar-refractivity contribution in [3.8, 4) is 17.2 Å². The van der Waals surface area contributed by atoms with E-state index in [1.165, 1.54) is 33.5 Å². The van der Waals surface area contributed by atoms with Crippen molar-refractivity contribution >= 4 is 11.8 Å². The van der Waals surface area contributed by atoms with Gasteiger partial charge in [0.05, 0.1) is 34.1 Å². The molecule has 0 fully saturated rings. The summed E-state index contributed by atoms with van der Waals surface area (Å²) in [6.45, 7) is 1.71. The predicted molar refractivity (Wildman–Crippen MR) is 98.4 cm³/mol. The summed E-state index contributed by atoms with van der Waals surface area (Å²) in [6.07, 6.45) is 2.15. The van der Waals surface area contributed by atoms with Gasteiger partial charge in [-0.15, -0.1) is 0 Å². The maximum Gasteiger partial charge on any atom is 0.251 e. The van der Waals surface area contributed by atoms with E-state index in [-0.39, 0.29) is 18.5 Å². The van der Waals surface area contributed by atoms with Crippen molar-refractivity contribution in [3.05, 3.63) is 41.9 Å². The SMILES string of the molecule is COc1cc(C(=O)NCC(=O)NC(C)Cc2ccco2)cc(OC)c1OC. The molecule has 1 atom stereocenters. The zero-order valence-electron chi connectivity index (χ0n) is 15.8. The van der Waals surface area contributed by atoms with Gasteiger partial charge in [-0.1, -0.05) is 0 Å². The van der Waals surface area contributed by atoms with Crippen molar-refractivity contribution in [2.45, 2.75) is 19.4 Å². The minimum Gasteiger partial charge on any atom is -0.493 e. The van der Waals surface area contributed by atoms with E-state index in [2.05, 4.69) is 10.6 Å². The van der Waals surface area contributed by atoms with Gasteiger partial charge in [-0.05, 0) is 31.2 Å². The summed E-state index contributed by atoms with van der Waals surface area (Å²) >= 11 is 0. The minimum atomic E-state index is -0.428. The van der Waals surface area contributed by atoms with Crippen LogP contribution in [0.25, 0.3) is 0 Å². The number of methoxy groups -OCH3 is 3. The molecule has 1 unspecified atom stereocenters. The van der Waals surface area contributed by atoms with Gasteiger partial charge in [-0.3, -0.25) is 9.59 Å². The molecule has 0 aliphatic carbocycles. The molecular weight excluding hydrogens is 352 g/mol. The second-order valence-electron chi connectivity index (χ2n) is 5.85. The lowest BCUT2D eigenvalue weighted by atomic mass is 10.1. The van der Waals surface area contributed by atoms with Gasteiger partial charge < -0.3 is 29.3 Å². The summed E-state index contributed by atoms with van der Waals surface area (Å²) in [5, 5.41) is 5.38. The number of carbonyl (C=O) groups excluding carboxylic acids is 2. The Balaban J connectivity index is 1.93. The molecule has 2 aromatic rings. The van der Waals surface area contributed by atoms with Crippen LogP contribution in [0.5, 0.6) is 17.2 Å². The topological polar surface area (TPSA) is 99.0 Å². The molecule has 2 amide bonds. The normalized spacial score (nSPS) is 11.4. The third kappa shape index (κ3) is 5.40. The van der Waals surface area contributed by atoms with E-state index < -0.39 is 5.91 Å². The van der Waals surface area contributed by atoms with Crippen molar-refractivity contribution in [1.29, 1.82) is 0 Å². The highest BCUT2D eigenvalue weighted by atomic mass is 16.5. The van der Waals surface area contributed by atoms with Gasteiger partial charge in [0.25, 0.3) is 5.91 Å². The van der Waals surface area contributed by atoms with Gasteiger partial charge in [-0.25, -0.2) is 0 Å². The minimum absolute atomic E-state index is 0.123. The molecule has 0 saturated heterocycles. The van der Waals surface area contributed by atoms with Crippen molar-refractivity contribution < 1.29 is 28.2 Å². The highest BCUT2D eigenvalue weighted by molar-refractivity contribution is 5.97. The standard InChI is InChI=1S/C19H24N2O6/c1-12(8-14-6-5-7-27-14)21-17(22)11-20-19(23)13-9-15(24-2)18(26-4)16(10-13)25-3/h5-7,9-10,12H,8,11H2,1-4H3,(H,20,23)(H,21,22). The highest BCUT2D eigenvalue weighted by Gasteiger charge is 2.18. The van der Waals surface area contributed by atoms with Crippen molar-refractivity contribution in [2.24, 2.45) is 0 Å². The van der Waals surface area contributed by atoms with E-state index in [9.17, 15) is 9.59 Å². The summed E-state index contributed by atoms with van der Waals surface area (Å²) in [5.41, 5.74) is 0.293. The Morgan fingerprint density at radius 2 is 1.78 bits per heavy atom. The first-order chi connectivity index (χ1) is 13.0. The number of hydrogen-bond acceptors (Lipinski definition) is 6. The number of hydrogen-bond donors (Lipinski definition) is 2. The number of furan rings is 1. The molecular formula is C19H24N2O6. The summed E-state index contributed by atoms with van der Waals surface area (Å²) in [5.74, 6) is 1.17. The van der Waals surface area contributed by atoms with Crippen LogP contribution in [0, 0.1) is 0 Å². The Labute approximate surface area is 157 Å². The van der Waals surface area contributed by atoms with Crippen LogP contribution in [0.15, 0.2) is 34.9 Å². The van der Waals surface area contributed by atoms with Gasteiger partial charge in [-0.2, -0.15) is 0 Å². The molecule has 0 bridgehead atoms. The zero-order valence-corrected chi connectivity index (χ0v) is 15.8. The van der Waals surface area contributed by atoms with Crippen LogP contribution < -0.4 is 24.8 Å². The summed E-state index contributed by atoms with van der Waals surface area (Å²) in [7, 11) is 4.41. The van der Waals surface area contributed by atoms with E-state index in [0.29, 0.717) is 29.2 Å². The first kappa shape index (κ1) is 20.2. The summed E-state index contributed by atoms with van der Waals surface area (Å²) in [4.78, 5) is 24.4. The number of nitrogens with one attached hydrogen (secondary N) is 2. The molecule has 1 aromatic carbocycles. The second-order valence-corrected chi connectivity index (χ2v) is 5.85. The molecule has 146 valence electrons. The fraction of sp³-hybridized carbons (Fsp3) is 0.368. The maximum atomic E-state index is 12.4. The number of rotatable bonds is 9. The van der Waals surface area contributed by atoms with Crippen LogP contribution in [-0.2, 0) is 11.2 Å². The lowest BCUT2D eigenvalue weighted by Gasteiger charge is -2.15. The van der Waals surface area contributed by atoms with Crippen LogP contribution in [0.2, 0.25) is 0 Å². The molecule has 2 N–H and O–H groups in total. The first-order valence-corrected chi connectivity index (χ1v) is 8.38. The lowest BCUT2D eigenvalue weighted by Crippen LogP contribution is -2.41. The van der Waals surface area contributed by atoms with Crippen molar-refractivity contribution in [2.75, 3.05) is 27.9 Å². The smallest absolute Gasteiger partial charge is 0.251 e. The van der Waals surface area contributed by atoms with Crippen molar-refractivity contribution in [3.63, 3.8) is 0 Å². The largest absolute Gasteiger partial charge is 0.493 e. The third-order valence-electron chi connectivity index (χ3n) is 3.83. The van der Waals surface area contributed by atoms with Gasteiger partial charge in [0.15, 0.2) is 11.5 Å². The number of carbonyl (C=O) groups is 2. The van der Waals surface area contributed by atoms with Crippen LogP contribution in [0.3, 0.4) is 0 Å². The maximum absolute atomic E-state index is 12.4. The summed E-state index contributed by atoms with van der Waals surface area (Å²) < 4.78 is 20.9. The average Bonchev–Trinajstić information content (AvgIpc) is 3.17. The van der Waals surface area contributed by atoms with E-state index in [1.54, 1.807) is 12.3 Å². The second kappa shape index (κ2) is 9.51. The zero-order chi connectivity index (χ0) is 19.8. The molecule has 1 heterocycles. The van der Waals surface area contributed by atoms with Crippen LogP contribution >= 0.6 is 0 Å². The van der Waals surface area contributed by atoms with Crippen molar-refractivity contribution in [1.82, 2.24) is 10.6 Å². The van der Waals surface area contributed by atoms with E-state index in [1.807, 2.05) is 13.0 Å². The molecule has 0 aliphatic heterocycles. The fourth-order valence-electron chi connectivity index (χ4n) is 2.58. The fourth-order valence-corrected chi connectivity index (χ4v) is 2.58. The predicted octanol–water partition coefficient (Wildman–Crippen LogP) is 1.78. The van der Waals surface area contributed by atoms with Crippen LogP contribution in [0.1, 0.15) is 23.0 Å². The number of benzene rings is 1. The van der Waals surface area contributed by atoms with Gasteiger partial charge in [0, 0.05) is 18.0 Å². The Hall–Kier alpha value is -3.16. The molecule has 8 nitrogen and oxygen atoms in total. The molecule has 1 aromatic heterocycles. The quantitative estimate of drug-likeness (QED) is 0.692. The Morgan fingerprint density at radius 1 is 1.11 bits per heavy atom. The third-order valence-corrected chi connectivity index (χ3v) is 3.83. The van der Waals surface area contributed by atoms with Gasteiger partial charge in [0.1, 0.15) is 5.76 Å². The number of ether oxygens (including phenoxy) is 3. The number of amides is 2. The average molecular weight is 376 g/mol. The highest BCUT2D eigenvalue weighted by Crippen LogP contribution is 2.38. The monoisotopic (exact) mass is 376 g/mol. The molecule has 0 aliphatic rings. The molecule has 0 spiro atoms. The Morgan fingerprint density at radius 3 is 2.30 bits per heavy atom. The molecule has 27 heavy (non-hydrogen) atoms. The van der Waals surface area contributed by atoms with Gasteiger partial charge >= 0.3 is 0 Å². The first-order valence-electron chi connectivity index (χ1n) is 8.38. The molecule has 0 saturated carbocycles. The molecule has 2 rings (SSSR count). The van der Waals surface area contributed by atoms with Crippen LogP contribution in [-0.4, -0.2) is 45.7 Å². The van der Waals surface area contributed by atoms with E-state index in [0.717, 1.165) is 5.76 Å².